The van der Waals surface area contributed by atoms with Gasteiger partial charge >= 0.3 is 5.97 Å². The zero-order valence-corrected chi connectivity index (χ0v) is 20.8. The van der Waals surface area contributed by atoms with Crippen LogP contribution in [0.2, 0.25) is 0 Å². The lowest BCUT2D eigenvalue weighted by Crippen LogP contribution is -2.55. The van der Waals surface area contributed by atoms with E-state index in [2.05, 4.69) is 22.9 Å². The number of hydrogen-bond acceptors (Lipinski definition) is 5. The minimum absolute atomic E-state index is 0.0370. The summed E-state index contributed by atoms with van der Waals surface area (Å²) in [4.78, 5) is 51.9. The topological polar surface area (TPSA) is 114 Å². The van der Waals surface area contributed by atoms with Crippen molar-refractivity contribution >= 4 is 23.7 Å². The molecule has 5 atom stereocenters. The number of ether oxygens (including phenoxy) is 1. The Morgan fingerprint density at radius 2 is 1.68 bits per heavy atom. The molecule has 188 valence electrons. The number of cyclic esters (lactones) is 1. The summed E-state index contributed by atoms with van der Waals surface area (Å²) < 4.78 is 5.76. The molecule has 1 heterocycles. The van der Waals surface area contributed by atoms with E-state index in [1.165, 1.54) is 0 Å². The maximum absolute atomic E-state index is 13.0. The molecule has 8 heteroatoms. The van der Waals surface area contributed by atoms with Crippen molar-refractivity contribution < 1.29 is 23.9 Å². The van der Waals surface area contributed by atoms with Crippen LogP contribution in [0.4, 0.5) is 0 Å². The molecule has 5 unspecified atom stereocenters. The van der Waals surface area contributed by atoms with Gasteiger partial charge in [0.15, 0.2) is 0 Å². The molecule has 0 aromatic heterocycles. The van der Waals surface area contributed by atoms with E-state index >= 15 is 0 Å². The Bertz CT molecular complexity index is 829. The van der Waals surface area contributed by atoms with Crippen molar-refractivity contribution in [2.24, 2.45) is 5.92 Å². The molecule has 2 rings (SSSR count). The number of hydrogen-bond donors (Lipinski definition) is 3. The predicted octanol–water partition coefficient (Wildman–Crippen LogP) is 2.65. The molecule has 1 aromatic rings. The highest BCUT2D eigenvalue weighted by Crippen LogP contribution is 2.16. The molecule has 34 heavy (non-hydrogen) atoms. The molecule has 1 saturated heterocycles. The van der Waals surface area contributed by atoms with Crippen molar-refractivity contribution in [1.29, 1.82) is 0 Å². The number of carbonyl (C=O) groups is 4. The van der Waals surface area contributed by atoms with Crippen molar-refractivity contribution in [1.82, 2.24) is 16.0 Å². The maximum atomic E-state index is 13.0. The molecule has 1 fully saturated rings. The third-order valence-corrected chi connectivity index (χ3v) is 6.28. The second-order valence-electron chi connectivity index (χ2n) is 9.17. The third kappa shape index (κ3) is 8.47. The first kappa shape index (κ1) is 27.3. The standard InChI is InChI=1S/C26H39N3O5/c1-5-7-9-14-20-16-22(30)28-21(15-19-12-10-8-11-13-19)25(32)27-18(4)24(31)29-23(17(3)6-2)26(33)34-20/h8,10-13,17-18,20-21,23H,5-7,9,14-16H2,1-4H3,(H,27,32)(H,28,30)(H,29,31). The van der Waals surface area contributed by atoms with Gasteiger partial charge in [0.05, 0.1) is 6.42 Å². The molecule has 0 radical (unpaired) electrons. The van der Waals surface area contributed by atoms with Crippen LogP contribution in [0.3, 0.4) is 0 Å². The second-order valence-corrected chi connectivity index (χ2v) is 9.17. The van der Waals surface area contributed by atoms with E-state index in [-0.39, 0.29) is 24.7 Å². The number of amides is 3. The minimum atomic E-state index is -0.886. The number of nitrogens with one attached hydrogen (secondary N) is 3. The van der Waals surface area contributed by atoms with Crippen molar-refractivity contribution in [3.05, 3.63) is 35.9 Å². The number of benzene rings is 1. The summed E-state index contributed by atoms with van der Waals surface area (Å²) in [6, 6.07) is 6.76. The largest absolute Gasteiger partial charge is 0.460 e. The summed E-state index contributed by atoms with van der Waals surface area (Å²) in [5, 5.41) is 8.24. The highest BCUT2D eigenvalue weighted by Gasteiger charge is 2.33. The predicted molar refractivity (Wildman–Crippen MR) is 130 cm³/mol. The van der Waals surface area contributed by atoms with E-state index in [4.69, 9.17) is 4.74 Å². The minimum Gasteiger partial charge on any atom is -0.460 e. The van der Waals surface area contributed by atoms with Crippen molar-refractivity contribution in [3.63, 3.8) is 0 Å². The van der Waals surface area contributed by atoms with Gasteiger partial charge in [-0.25, -0.2) is 4.79 Å². The van der Waals surface area contributed by atoms with Crippen LogP contribution in [-0.2, 0) is 30.3 Å². The molecule has 1 aliphatic rings. The summed E-state index contributed by atoms with van der Waals surface area (Å²) in [6.45, 7) is 7.42. The summed E-state index contributed by atoms with van der Waals surface area (Å²) in [6.07, 6.45) is 3.58. The van der Waals surface area contributed by atoms with Crippen molar-refractivity contribution in [3.8, 4) is 0 Å². The fourth-order valence-corrected chi connectivity index (χ4v) is 3.91. The van der Waals surface area contributed by atoms with Crippen LogP contribution in [0.1, 0.15) is 71.8 Å². The first-order chi connectivity index (χ1) is 16.2. The molecule has 0 saturated carbocycles. The Morgan fingerprint density at radius 1 is 0.971 bits per heavy atom. The summed E-state index contributed by atoms with van der Waals surface area (Å²) in [7, 11) is 0. The lowest BCUT2D eigenvalue weighted by Gasteiger charge is -2.26. The number of unbranched alkanes of at least 4 members (excludes halogenated alkanes) is 2. The Morgan fingerprint density at radius 3 is 2.32 bits per heavy atom. The molecule has 1 aliphatic heterocycles. The Balaban J connectivity index is 2.32. The number of esters is 1. The molecule has 8 nitrogen and oxygen atoms in total. The van der Waals surface area contributed by atoms with Crippen LogP contribution >= 0.6 is 0 Å². The van der Waals surface area contributed by atoms with E-state index in [9.17, 15) is 19.2 Å². The van der Waals surface area contributed by atoms with Gasteiger partial charge in [-0.2, -0.15) is 0 Å². The molecule has 3 amide bonds. The first-order valence-electron chi connectivity index (χ1n) is 12.4. The maximum Gasteiger partial charge on any atom is 0.329 e. The molecular formula is C26H39N3O5. The first-order valence-corrected chi connectivity index (χ1v) is 12.4. The van der Waals surface area contributed by atoms with E-state index in [0.717, 1.165) is 24.8 Å². The van der Waals surface area contributed by atoms with Crippen LogP contribution in [0.5, 0.6) is 0 Å². The van der Waals surface area contributed by atoms with Gasteiger partial charge < -0.3 is 20.7 Å². The summed E-state index contributed by atoms with van der Waals surface area (Å²) in [5.41, 5.74) is 0.882. The number of rotatable bonds is 8. The third-order valence-electron chi connectivity index (χ3n) is 6.28. The molecular weight excluding hydrogens is 434 g/mol. The van der Waals surface area contributed by atoms with Gasteiger partial charge in [0.1, 0.15) is 24.2 Å². The van der Waals surface area contributed by atoms with Crippen molar-refractivity contribution in [2.45, 2.75) is 96.9 Å². The van der Waals surface area contributed by atoms with Gasteiger partial charge in [0, 0.05) is 6.42 Å². The smallest absolute Gasteiger partial charge is 0.329 e. The van der Waals surface area contributed by atoms with E-state index < -0.39 is 42.0 Å². The Hall–Kier alpha value is -2.90. The summed E-state index contributed by atoms with van der Waals surface area (Å²) in [5.74, 6) is -2.00. The number of carbonyl (C=O) groups excluding carboxylic acids is 4. The zero-order chi connectivity index (χ0) is 25.1. The van der Waals surface area contributed by atoms with E-state index in [1.54, 1.807) is 6.92 Å². The van der Waals surface area contributed by atoms with Crippen LogP contribution < -0.4 is 16.0 Å². The monoisotopic (exact) mass is 473 g/mol. The fourth-order valence-electron chi connectivity index (χ4n) is 3.91. The van der Waals surface area contributed by atoms with Gasteiger partial charge in [-0.3, -0.25) is 14.4 Å². The van der Waals surface area contributed by atoms with Gasteiger partial charge in [0.25, 0.3) is 0 Å². The Labute approximate surface area is 202 Å². The zero-order valence-electron chi connectivity index (χ0n) is 20.8. The molecule has 0 spiro atoms. The molecule has 0 aliphatic carbocycles. The second kappa shape index (κ2) is 13.7. The highest BCUT2D eigenvalue weighted by atomic mass is 16.5. The SMILES string of the molecule is CCCCCC1CC(=O)NC(Cc2ccccc2)C(=O)NC(C)C(=O)NC(C(C)CC)C(=O)O1. The quantitative estimate of drug-likeness (QED) is 0.397. The lowest BCUT2D eigenvalue weighted by molar-refractivity contribution is -0.156. The van der Waals surface area contributed by atoms with Crippen LogP contribution in [-0.4, -0.2) is 47.9 Å². The van der Waals surface area contributed by atoms with E-state index in [0.29, 0.717) is 12.8 Å². The molecule has 1 aromatic carbocycles. The lowest BCUT2D eigenvalue weighted by atomic mass is 9.98. The van der Waals surface area contributed by atoms with Gasteiger partial charge in [0.2, 0.25) is 17.7 Å². The van der Waals surface area contributed by atoms with Gasteiger partial charge in [-0.1, -0.05) is 70.4 Å². The average molecular weight is 474 g/mol. The molecule has 3 N–H and O–H groups in total. The van der Waals surface area contributed by atoms with Gasteiger partial charge in [-0.15, -0.1) is 0 Å². The van der Waals surface area contributed by atoms with Gasteiger partial charge in [-0.05, 0) is 31.2 Å². The van der Waals surface area contributed by atoms with Crippen LogP contribution in [0, 0.1) is 5.92 Å². The fraction of sp³-hybridized carbons (Fsp3) is 0.615. The molecule has 0 bridgehead atoms. The Kier molecular flexibility index (Phi) is 11.0. The van der Waals surface area contributed by atoms with Crippen molar-refractivity contribution in [2.75, 3.05) is 0 Å². The average Bonchev–Trinajstić information content (AvgIpc) is 2.81. The van der Waals surface area contributed by atoms with E-state index in [1.807, 2.05) is 44.2 Å². The van der Waals surface area contributed by atoms with Crippen LogP contribution in [0.15, 0.2) is 30.3 Å². The summed E-state index contributed by atoms with van der Waals surface area (Å²) >= 11 is 0. The highest BCUT2D eigenvalue weighted by molar-refractivity contribution is 5.94. The van der Waals surface area contributed by atoms with Crippen LogP contribution in [0.25, 0.3) is 0 Å². The normalized spacial score (nSPS) is 25.5.